The van der Waals surface area contributed by atoms with Crippen LogP contribution in [0.5, 0.6) is 5.75 Å². The molecule has 25 heavy (non-hydrogen) atoms. The maximum Gasteiger partial charge on any atom is 0.349 e. The van der Waals surface area contributed by atoms with Gasteiger partial charge in [-0.25, -0.2) is 9.59 Å². The minimum Gasteiger partial charge on any atom is -0.450 e. The number of rotatable bonds is 5. The fraction of sp³-hybridized carbons (Fsp3) is 0.0667. The summed E-state index contributed by atoms with van der Waals surface area (Å²) >= 11 is 3.99. The van der Waals surface area contributed by atoms with Crippen LogP contribution in [0.2, 0.25) is 0 Å². The van der Waals surface area contributed by atoms with Crippen LogP contribution in [0.1, 0.15) is 10.4 Å². The molecule has 0 amide bonds. The van der Waals surface area contributed by atoms with Crippen molar-refractivity contribution < 1.29 is 32.0 Å². The highest BCUT2D eigenvalue weighted by atomic mass is 127. The van der Waals surface area contributed by atoms with Crippen molar-refractivity contribution in [2.75, 3.05) is 6.61 Å². The number of hydrogen-bond acceptors (Lipinski definition) is 6. The molecule has 2 aromatic rings. The van der Waals surface area contributed by atoms with Gasteiger partial charge in [-0.3, -0.25) is 4.55 Å². The molecular formula is C15H10I2O7S. The van der Waals surface area contributed by atoms with E-state index in [2.05, 4.69) is 0 Å². The van der Waals surface area contributed by atoms with Gasteiger partial charge in [0.2, 0.25) is 0 Å². The molecule has 132 valence electrons. The van der Waals surface area contributed by atoms with E-state index in [1.807, 2.05) is 45.2 Å². The van der Waals surface area contributed by atoms with Crippen LogP contribution in [0.25, 0.3) is 0 Å². The predicted octanol–water partition coefficient (Wildman–Crippen LogP) is 2.90. The Kier molecular flexibility index (Phi) is 6.76. The van der Waals surface area contributed by atoms with E-state index >= 15 is 0 Å². The lowest BCUT2D eigenvalue weighted by molar-refractivity contribution is -0.137. The maximum atomic E-state index is 12.1. The minimum atomic E-state index is -4.32. The first-order valence-electron chi connectivity index (χ1n) is 6.58. The summed E-state index contributed by atoms with van der Waals surface area (Å²) in [5, 5.41) is 0. The van der Waals surface area contributed by atoms with Crippen molar-refractivity contribution in [1.29, 1.82) is 0 Å². The van der Waals surface area contributed by atoms with Gasteiger partial charge in [0, 0.05) is 7.14 Å². The minimum absolute atomic E-state index is 0.0531. The van der Waals surface area contributed by atoms with Crippen LogP contribution in [-0.4, -0.2) is 31.5 Å². The topological polar surface area (TPSA) is 107 Å². The van der Waals surface area contributed by atoms with Gasteiger partial charge in [-0.2, -0.15) is 8.42 Å². The van der Waals surface area contributed by atoms with E-state index in [-0.39, 0.29) is 10.6 Å². The molecule has 0 aliphatic rings. The van der Waals surface area contributed by atoms with E-state index in [0.717, 1.165) is 12.1 Å². The first kappa shape index (κ1) is 20.1. The zero-order valence-electron chi connectivity index (χ0n) is 12.3. The summed E-state index contributed by atoms with van der Waals surface area (Å²) in [6.07, 6.45) is 0. The Morgan fingerprint density at radius 1 is 1.00 bits per heavy atom. The SMILES string of the molecule is O=C(COC(=O)c1c(I)cccc1I)Oc1ccc(S(=O)(=O)O)cc1. The van der Waals surface area contributed by atoms with Gasteiger partial charge in [0.05, 0.1) is 10.5 Å². The molecule has 0 atom stereocenters. The molecule has 0 radical (unpaired) electrons. The van der Waals surface area contributed by atoms with Crippen LogP contribution in [-0.2, 0) is 19.6 Å². The van der Waals surface area contributed by atoms with E-state index in [1.165, 1.54) is 12.1 Å². The average Bonchev–Trinajstić information content (AvgIpc) is 2.52. The zero-order chi connectivity index (χ0) is 18.6. The second-order valence-electron chi connectivity index (χ2n) is 4.59. The van der Waals surface area contributed by atoms with Crippen LogP contribution < -0.4 is 4.74 Å². The highest BCUT2D eigenvalue weighted by Crippen LogP contribution is 2.20. The number of esters is 2. The van der Waals surface area contributed by atoms with E-state index in [0.29, 0.717) is 12.7 Å². The molecule has 0 heterocycles. The Balaban J connectivity index is 1.96. The quantitative estimate of drug-likeness (QED) is 0.248. The van der Waals surface area contributed by atoms with Gasteiger partial charge in [-0.1, -0.05) is 6.07 Å². The molecule has 10 heteroatoms. The van der Waals surface area contributed by atoms with Crippen LogP contribution in [0.15, 0.2) is 47.4 Å². The normalized spacial score (nSPS) is 11.0. The van der Waals surface area contributed by atoms with Gasteiger partial charge in [0.1, 0.15) is 5.75 Å². The number of ether oxygens (including phenoxy) is 2. The lowest BCUT2D eigenvalue weighted by atomic mass is 10.2. The summed E-state index contributed by atoms with van der Waals surface area (Å²) in [5.41, 5.74) is 0.369. The third kappa shape index (κ3) is 5.62. The molecule has 0 unspecified atom stereocenters. The summed E-state index contributed by atoms with van der Waals surface area (Å²) in [6, 6.07) is 9.85. The van der Waals surface area contributed by atoms with Gasteiger partial charge >= 0.3 is 11.9 Å². The van der Waals surface area contributed by atoms with Gasteiger partial charge in [0.15, 0.2) is 6.61 Å². The Bertz CT molecular complexity index is 888. The molecule has 0 bridgehead atoms. The van der Waals surface area contributed by atoms with Crippen LogP contribution in [0, 0.1) is 7.14 Å². The highest BCUT2D eigenvalue weighted by Gasteiger charge is 2.17. The van der Waals surface area contributed by atoms with Gasteiger partial charge in [0.25, 0.3) is 10.1 Å². The molecule has 0 fully saturated rings. The summed E-state index contributed by atoms with van der Waals surface area (Å²) < 4.78 is 42.0. The number of carbonyl (C=O) groups excluding carboxylic acids is 2. The zero-order valence-corrected chi connectivity index (χ0v) is 17.4. The summed E-state index contributed by atoms with van der Waals surface area (Å²) in [4.78, 5) is 23.5. The third-order valence-electron chi connectivity index (χ3n) is 2.84. The van der Waals surface area contributed by atoms with Crippen LogP contribution >= 0.6 is 45.2 Å². The standard InChI is InChI=1S/C15H10I2O7S/c16-11-2-1-3-12(17)14(11)15(19)23-8-13(18)24-9-4-6-10(7-5-9)25(20,21)22/h1-7H,8H2,(H,20,21,22). The monoisotopic (exact) mass is 588 g/mol. The number of benzene rings is 2. The van der Waals surface area contributed by atoms with E-state index in [4.69, 9.17) is 14.0 Å². The van der Waals surface area contributed by atoms with Crippen molar-refractivity contribution in [2.45, 2.75) is 4.90 Å². The van der Waals surface area contributed by atoms with Crippen molar-refractivity contribution in [3.05, 3.63) is 55.2 Å². The smallest absolute Gasteiger partial charge is 0.349 e. The number of carbonyl (C=O) groups is 2. The predicted molar refractivity (Wildman–Crippen MR) is 104 cm³/mol. The van der Waals surface area contributed by atoms with Crippen molar-refractivity contribution in [1.82, 2.24) is 0 Å². The second kappa shape index (κ2) is 8.42. The molecule has 2 aromatic carbocycles. The first-order valence-corrected chi connectivity index (χ1v) is 10.2. The average molecular weight is 588 g/mol. The Labute approximate surface area is 170 Å². The molecule has 0 saturated carbocycles. The molecule has 2 rings (SSSR count). The van der Waals surface area contributed by atoms with Crippen LogP contribution in [0.4, 0.5) is 0 Å². The molecule has 0 aliphatic carbocycles. The lowest BCUT2D eigenvalue weighted by Crippen LogP contribution is -2.20. The summed E-state index contributed by atoms with van der Waals surface area (Å²) in [6.45, 7) is -0.597. The lowest BCUT2D eigenvalue weighted by Gasteiger charge is -2.08. The van der Waals surface area contributed by atoms with E-state index in [9.17, 15) is 18.0 Å². The van der Waals surface area contributed by atoms with Crippen molar-refractivity contribution in [2.24, 2.45) is 0 Å². The van der Waals surface area contributed by atoms with Crippen LogP contribution in [0.3, 0.4) is 0 Å². The van der Waals surface area contributed by atoms with Gasteiger partial charge in [-0.15, -0.1) is 0 Å². The van der Waals surface area contributed by atoms with E-state index in [1.54, 1.807) is 18.2 Å². The summed E-state index contributed by atoms with van der Waals surface area (Å²) in [5.74, 6) is -1.42. The second-order valence-corrected chi connectivity index (χ2v) is 8.34. The maximum absolute atomic E-state index is 12.1. The molecule has 7 nitrogen and oxygen atoms in total. The molecule has 1 N–H and O–H groups in total. The Morgan fingerprint density at radius 3 is 2.08 bits per heavy atom. The molecule has 0 aromatic heterocycles. The van der Waals surface area contributed by atoms with Gasteiger partial charge in [-0.05, 0) is 81.6 Å². The van der Waals surface area contributed by atoms with Crippen molar-refractivity contribution >= 4 is 67.2 Å². The Hall–Kier alpha value is -1.25. The fourth-order valence-electron chi connectivity index (χ4n) is 1.73. The molecular weight excluding hydrogens is 578 g/mol. The first-order chi connectivity index (χ1) is 11.7. The molecule has 0 saturated heterocycles. The van der Waals surface area contributed by atoms with E-state index < -0.39 is 28.7 Å². The van der Waals surface area contributed by atoms with Crippen molar-refractivity contribution in [3.8, 4) is 5.75 Å². The Morgan fingerprint density at radius 2 is 1.56 bits per heavy atom. The third-order valence-corrected chi connectivity index (χ3v) is 5.51. The van der Waals surface area contributed by atoms with Crippen molar-refractivity contribution in [3.63, 3.8) is 0 Å². The highest BCUT2D eigenvalue weighted by molar-refractivity contribution is 14.1. The number of halogens is 2. The molecule has 0 spiro atoms. The van der Waals surface area contributed by atoms with Gasteiger partial charge < -0.3 is 9.47 Å². The summed E-state index contributed by atoms with van der Waals surface area (Å²) in [7, 11) is -4.32. The number of hydrogen-bond donors (Lipinski definition) is 1. The largest absolute Gasteiger partial charge is 0.450 e. The fourth-order valence-corrected chi connectivity index (χ4v) is 4.16. The molecule has 0 aliphatic heterocycles.